The second-order valence-electron chi connectivity index (χ2n) is 11.2. The Balaban J connectivity index is 1.53. The molecule has 0 spiro atoms. The number of fused-ring (bicyclic) bond motifs is 3. The first-order valence-corrected chi connectivity index (χ1v) is 12.5. The molecule has 32 heavy (non-hydrogen) atoms. The third-order valence-corrected chi connectivity index (χ3v) is 9.30. The highest BCUT2D eigenvalue weighted by Crippen LogP contribution is 2.66. The van der Waals surface area contributed by atoms with Crippen molar-refractivity contribution in [2.75, 3.05) is 13.2 Å². The number of ether oxygens (including phenoxy) is 3. The minimum atomic E-state index is -0.474. The predicted molar refractivity (Wildman–Crippen MR) is 120 cm³/mol. The molecule has 6 heteroatoms. The van der Waals surface area contributed by atoms with Gasteiger partial charge in [-0.3, -0.25) is 4.79 Å². The van der Waals surface area contributed by atoms with Crippen molar-refractivity contribution in [2.24, 2.45) is 22.7 Å². The molecule has 180 valence electrons. The summed E-state index contributed by atoms with van der Waals surface area (Å²) >= 11 is 0. The van der Waals surface area contributed by atoms with Gasteiger partial charge in [0.1, 0.15) is 12.7 Å². The lowest BCUT2D eigenvalue weighted by atomic mass is 9.44. The van der Waals surface area contributed by atoms with Crippen molar-refractivity contribution in [3.8, 4) is 0 Å². The summed E-state index contributed by atoms with van der Waals surface area (Å²) in [4.78, 5) is 24.7. The van der Waals surface area contributed by atoms with Crippen LogP contribution in [0.25, 0.3) is 0 Å². The predicted octanol–water partition coefficient (Wildman–Crippen LogP) is 4.33. The Labute approximate surface area is 192 Å². The third kappa shape index (κ3) is 3.81. The maximum absolute atomic E-state index is 12.5. The van der Waals surface area contributed by atoms with Gasteiger partial charge < -0.3 is 19.3 Å². The second-order valence-corrected chi connectivity index (χ2v) is 11.2. The van der Waals surface area contributed by atoms with Crippen molar-refractivity contribution in [1.82, 2.24) is 0 Å². The first kappa shape index (κ1) is 23.7. The monoisotopic (exact) mass is 448 g/mol. The molecule has 7 atom stereocenters. The molecule has 0 aromatic rings. The molecule has 2 heterocycles. The molecule has 0 radical (unpaired) electrons. The van der Waals surface area contributed by atoms with Gasteiger partial charge >= 0.3 is 11.9 Å². The summed E-state index contributed by atoms with van der Waals surface area (Å²) in [5.74, 6) is 0.119. The molecular formula is C26H40O6. The van der Waals surface area contributed by atoms with Crippen molar-refractivity contribution in [3.05, 3.63) is 11.6 Å². The standard InChI is InChI=1S/C26H40O6/c1-5-6-7-8-22(28)31-21-10-12-24(2)19(25(21,3)16-27)9-13-26(4)20(24)15-18(32-26)17-11-14-30-23(17)29/h11,18-21,27H,5-10,12-16H2,1-4H3/t18?,19-,20-,21+,24+,25-,26+/m0/s1. The van der Waals surface area contributed by atoms with Gasteiger partial charge in [-0.05, 0) is 68.8 Å². The molecule has 3 fully saturated rings. The van der Waals surface area contributed by atoms with Gasteiger partial charge in [0, 0.05) is 11.8 Å². The molecule has 6 nitrogen and oxygen atoms in total. The number of unbranched alkanes of at least 4 members (excludes halogenated alkanes) is 2. The summed E-state index contributed by atoms with van der Waals surface area (Å²) in [5.41, 5.74) is -0.147. The van der Waals surface area contributed by atoms with E-state index in [4.69, 9.17) is 14.2 Å². The molecule has 4 rings (SSSR count). The topological polar surface area (TPSA) is 82.1 Å². The average Bonchev–Trinajstić information content (AvgIpc) is 3.34. The van der Waals surface area contributed by atoms with Crippen LogP contribution in [-0.2, 0) is 23.8 Å². The highest BCUT2D eigenvalue weighted by atomic mass is 16.6. The number of cyclic esters (lactones) is 1. The third-order valence-electron chi connectivity index (χ3n) is 9.30. The fourth-order valence-corrected chi connectivity index (χ4v) is 7.52. The van der Waals surface area contributed by atoms with Crippen LogP contribution in [0.5, 0.6) is 0 Å². The van der Waals surface area contributed by atoms with E-state index in [1.54, 1.807) is 0 Å². The van der Waals surface area contributed by atoms with Crippen molar-refractivity contribution in [1.29, 1.82) is 0 Å². The summed E-state index contributed by atoms with van der Waals surface area (Å²) in [5, 5.41) is 10.6. The number of hydrogen-bond acceptors (Lipinski definition) is 6. The van der Waals surface area contributed by atoms with Gasteiger partial charge in [0.2, 0.25) is 0 Å². The van der Waals surface area contributed by atoms with E-state index >= 15 is 0 Å². The van der Waals surface area contributed by atoms with Gasteiger partial charge in [-0.2, -0.15) is 0 Å². The maximum Gasteiger partial charge on any atom is 0.336 e. The Bertz CT molecular complexity index is 776. The van der Waals surface area contributed by atoms with Crippen LogP contribution in [0.15, 0.2) is 11.6 Å². The second kappa shape index (κ2) is 8.75. The Morgan fingerprint density at radius 1 is 1.19 bits per heavy atom. The van der Waals surface area contributed by atoms with Gasteiger partial charge in [0.25, 0.3) is 0 Å². The number of hydrogen-bond donors (Lipinski definition) is 1. The number of esters is 2. The van der Waals surface area contributed by atoms with Crippen LogP contribution in [0.1, 0.15) is 85.5 Å². The van der Waals surface area contributed by atoms with Crippen LogP contribution in [-0.4, -0.2) is 48.1 Å². The zero-order valence-electron chi connectivity index (χ0n) is 20.2. The first-order valence-electron chi connectivity index (χ1n) is 12.5. The molecule has 2 aliphatic carbocycles. The number of aliphatic hydroxyl groups is 1. The van der Waals surface area contributed by atoms with Gasteiger partial charge in [-0.15, -0.1) is 0 Å². The molecule has 2 saturated carbocycles. The molecule has 0 amide bonds. The Morgan fingerprint density at radius 2 is 1.97 bits per heavy atom. The van der Waals surface area contributed by atoms with Crippen molar-refractivity contribution in [3.63, 3.8) is 0 Å². The van der Waals surface area contributed by atoms with Crippen LogP contribution in [0.3, 0.4) is 0 Å². The Kier molecular flexibility index (Phi) is 6.49. The van der Waals surface area contributed by atoms with Crippen LogP contribution in [0.2, 0.25) is 0 Å². The van der Waals surface area contributed by atoms with Gasteiger partial charge in [-0.1, -0.05) is 33.6 Å². The number of carbonyl (C=O) groups is 2. The zero-order valence-corrected chi connectivity index (χ0v) is 20.2. The Morgan fingerprint density at radius 3 is 2.62 bits per heavy atom. The van der Waals surface area contributed by atoms with Crippen molar-refractivity contribution >= 4 is 11.9 Å². The summed E-state index contributed by atoms with van der Waals surface area (Å²) in [7, 11) is 0. The van der Waals surface area contributed by atoms with Gasteiger partial charge in [0.15, 0.2) is 0 Å². The molecule has 0 aromatic heterocycles. The highest BCUT2D eigenvalue weighted by molar-refractivity contribution is 5.91. The van der Waals surface area contributed by atoms with E-state index in [-0.39, 0.29) is 53.6 Å². The van der Waals surface area contributed by atoms with Crippen molar-refractivity contribution in [2.45, 2.75) is 103 Å². The zero-order chi connectivity index (χ0) is 23.1. The lowest BCUT2D eigenvalue weighted by molar-refractivity contribution is -0.210. The number of rotatable bonds is 7. The molecular weight excluding hydrogens is 408 g/mol. The average molecular weight is 449 g/mol. The minimum Gasteiger partial charge on any atom is -0.462 e. The van der Waals surface area contributed by atoms with E-state index in [0.29, 0.717) is 18.6 Å². The van der Waals surface area contributed by atoms with E-state index in [0.717, 1.165) is 51.4 Å². The molecule has 0 bridgehead atoms. The van der Waals surface area contributed by atoms with E-state index < -0.39 is 5.41 Å². The van der Waals surface area contributed by atoms with Crippen LogP contribution >= 0.6 is 0 Å². The van der Waals surface area contributed by atoms with Crippen LogP contribution in [0.4, 0.5) is 0 Å². The van der Waals surface area contributed by atoms with E-state index in [9.17, 15) is 14.7 Å². The Hall–Kier alpha value is -1.40. The maximum atomic E-state index is 12.5. The fraction of sp³-hybridized carbons (Fsp3) is 0.846. The highest BCUT2D eigenvalue weighted by Gasteiger charge is 2.65. The van der Waals surface area contributed by atoms with Gasteiger partial charge in [-0.25, -0.2) is 4.79 Å². The molecule has 2 aliphatic heterocycles. The normalized spacial score (nSPS) is 43.3. The summed E-state index contributed by atoms with van der Waals surface area (Å²) < 4.78 is 17.7. The minimum absolute atomic E-state index is 0.00532. The van der Waals surface area contributed by atoms with E-state index in [1.807, 2.05) is 6.08 Å². The smallest absolute Gasteiger partial charge is 0.336 e. The van der Waals surface area contributed by atoms with E-state index in [2.05, 4.69) is 27.7 Å². The van der Waals surface area contributed by atoms with Gasteiger partial charge in [0.05, 0.1) is 23.9 Å². The molecule has 1 unspecified atom stereocenters. The number of aliphatic hydroxyl groups excluding tert-OH is 1. The summed E-state index contributed by atoms with van der Waals surface area (Å²) in [6.45, 7) is 9.09. The van der Waals surface area contributed by atoms with Crippen molar-refractivity contribution < 1.29 is 28.9 Å². The summed E-state index contributed by atoms with van der Waals surface area (Å²) in [6, 6.07) is 0. The van der Waals surface area contributed by atoms with E-state index in [1.165, 1.54) is 0 Å². The fourth-order valence-electron chi connectivity index (χ4n) is 7.52. The molecule has 1 saturated heterocycles. The molecule has 1 N–H and O–H groups in total. The first-order chi connectivity index (χ1) is 15.2. The molecule has 4 aliphatic rings. The summed E-state index contributed by atoms with van der Waals surface area (Å²) in [6.07, 6.45) is 9.08. The molecule has 0 aromatic carbocycles. The van der Waals surface area contributed by atoms with Crippen LogP contribution in [0, 0.1) is 22.7 Å². The quantitative estimate of drug-likeness (QED) is 0.461. The largest absolute Gasteiger partial charge is 0.462 e. The lowest BCUT2D eigenvalue weighted by Gasteiger charge is -2.62. The SMILES string of the molecule is CCCCCC(=O)O[C@@H]1CC[C@]2(C)[C@H](CC[C@@]3(C)OC(C4=CCOC4=O)C[C@@H]23)[C@]1(C)CO. The van der Waals surface area contributed by atoms with Crippen LogP contribution < -0.4 is 0 Å². The number of carbonyl (C=O) groups excluding carboxylic acids is 2. The lowest BCUT2D eigenvalue weighted by Crippen LogP contribution is -2.61.